The van der Waals surface area contributed by atoms with Crippen LogP contribution in [0.5, 0.6) is 5.75 Å². The molecule has 0 aromatic heterocycles. The van der Waals surface area contributed by atoms with Gasteiger partial charge in [-0.3, -0.25) is 0 Å². The van der Waals surface area contributed by atoms with Gasteiger partial charge in [0.15, 0.2) is 5.60 Å². The lowest BCUT2D eigenvalue weighted by Crippen LogP contribution is -2.39. The number of benzene rings is 1. The molecule has 0 fully saturated rings. The van der Waals surface area contributed by atoms with E-state index in [0.29, 0.717) is 18.3 Å². The molecule has 18 heavy (non-hydrogen) atoms. The molecule has 0 bridgehead atoms. The van der Waals surface area contributed by atoms with E-state index in [9.17, 15) is 18.3 Å². The van der Waals surface area contributed by atoms with Crippen molar-refractivity contribution in [1.29, 1.82) is 0 Å². The Labute approximate surface area is 104 Å². The van der Waals surface area contributed by atoms with Crippen molar-refractivity contribution in [1.82, 2.24) is 0 Å². The van der Waals surface area contributed by atoms with Gasteiger partial charge in [0, 0.05) is 0 Å². The van der Waals surface area contributed by atoms with Gasteiger partial charge in [-0.15, -0.1) is 0 Å². The van der Waals surface area contributed by atoms with Crippen LogP contribution >= 0.6 is 0 Å². The highest BCUT2D eigenvalue weighted by molar-refractivity contribution is 5.31. The van der Waals surface area contributed by atoms with Gasteiger partial charge in [-0.1, -0.05) is 26.0 Å². The second-order valence-corrected chi connectivity index (χ2v) is 4.80. The maximum absolute atomic E-state index is 12.6. The molecule has 1 unspecified atom stereocenters. The number of rotatable bonds is 4. The Morgan fingerprint density at radius 3 is 2.06 bits per heavy atom. The third-order valence-corrected chi connectivity index (χ3v) is 2.55. The third-order valence-electron chi connectivity index (χ3n) is 2.55. The van der Waals surface area contributed by atoms with Gasteiger partial charge < -0.3 is 9.84 Å². The van der Waals surface area contributed by atoms with Crippen LogP contribution in [-0.4, -0.2) is 17.9 Å². The Morgan fingerprint density at radius 1 is 1.17 bits per heavy atom. The maximum Gasteiger partial charge on any atom is 0.421 e. The molecule has 1 aromatic carbocycles. The summed E-state index contributed by atoms with van der Waals surface area (Å²) < 4.78 is 43.1. The number of ether oxygens (including phenoxy) is 1. The Morgan fingerprint density at radius 2 is 1.67 bits per heavy atom. The highest BCUT2D eigenvalue weighted by Crippen LogP contribution is 2.38. The van der Waals surface area contributed by atoms with E-state index < -0.39 is 11.8 Å². The summed E-state index contributed by atoms with van der Waals surface area (Å²) in [7, 11) is 0. The van der Waals surface area contributed by atoms with Gasteiger partial charge >= 0.3 is 6.18 Å². The molecule has 0 heterocycles. The zero-order valence-corrected chi connectivity index (χ0v) is 10.6. The topological polar surface area (TPSA) is 29.5 Å². The Kier molecular flexibility index (Phi) is 4.27. The van der Waals surface area contributed by atoms with Crippen molar-refractivity contribution in [3.8, 4) is 5.75 Å². The first-order chi connectivity index (χ1) is 8.14. The van der Waals surface area contributed by atoms with E-state index in [1.807, 2.05) is 13.8 Å². The van der Waals surface area contributed by atoms with Crippen molar-refractivity contribution in [2.75, 3.05) is 6.61 Å². The van der Waals surface area contributed by atoms with Crippen LogP contribution in [0, 0.1) is 5.92 Å². The first-order valence-corrected chi connectivity index (χ1v) is 5.67. The van der Waals surface area contributed by atoms with Gasteiger partial charge in [0.25, 0.3) is 0 Å². The smallest absolute Gasteiger partial charge is 0.421 e. The van der Waals surface area contributed by atoms with Crippen LogP contribution < -0.4 is 4.74 Å². The highest BCUT2D eigenvalue weighted by atomic mass is 19.4. The summed E-state index contributed by atoms with van der Waals surface area (Å²) in [5.41, 5.74) is -3.05. The lowest BCUT2D eigenvalue weighted by Gasteiger charge is -2.26. The van der Waals surface area contributed by atoms with E-state index >= 15 is 0 Å². The summed E-state index contributed by atoms with van der Waals surface area (Å²) in [5, 5.41) is 9.47. The summed E-state index contributed by atoms with van der Waals surface area (Å²) >= 11 is 0. The summed E-state index contributed by atoms with van der Waals surface area (Å²) in [6.45, 7) is 5.18. The van der Waals surface area contributed by atoms with Gasteiger partial charge in [0.2, 0.25) is 0 Å². The quantitative estimate of drug-likeness (QED) is 0.900. The van der Waals surface area contributed by atoms with E-state index in [-0.39, 0.29) is 5.56 Å². The van der Waals surface area contributed by atoms with Crippen LogP contribution in [0.2, 0.25) is 0 Å². The van der Waals surface area contributed by atoms with Crippen LogP contribution in [-0.2, 0) is 5.60 Å². The number of hydrogen-bond donors (Lipinski definition) is 1. The van der Waals surface area contributed by atoms with Gasteiger partial charge in [0.1, 0.15) is 5.75 Å². The highest BCUT2D eigenvalue weighted by Gasteiger charge is 2.51. The minimum absolute atomic E-state index is 0.202. The number of alkyl halides is 3. The molecule has 5 heteroatoms. The zero-order valence-electron chi connectivity index (χ0n) is 10.6. The fourth-order valence-electron chi connectivity index (χ4n) is 1.30. The second-order valence-electron chi connectivity index (χ2n) is 4.80. The molecule has 0 saturated heterocycles. The van der Waals surface area contributed by atoms with Crippen LogP contribution in [0.4, 0.5) is 13.2 Å². The Hall–Kier alpha value is -1.23. The summed E-state index contributed by atoms with van der Waals surface area (Å²) in [5.74, 6) is 0.827. The molecule has 1 N–H and O–H groups in total. The first-order valence-electron chi connectivity index (χ1n) is 5.67. The van der Waals surface area contributed by atoms with Crippen LogP contribution in [0.3, 0.4) is 0 Å². The van der Waals surface area contributed by atoms with Gasteiger partial charge in [0.05, 0.1) is 6.61 Å². The SMILES string of the molecule is CC(C)COc1ccc(C(C)(O)C(F)(F)F)cc1. The average Bonchev–Trinajstić information content (AvgIpc) is 2.25. The van der Waals surface area contributed by atoms with E-state index in [0.717, 1.165) is 6.92 Å². The lowest BCUT2D eigenvalue weighted by molar-refractivity contribution is -0.258. The van der Waals surface area contributed by atoms with Crippen molar-refractivity contribution in [2.45, 2.75) is 32.5 Å². The number of aliphatic hydroxyl groups is 1. The fraction of sp³-hybridized carbons (Fsp3) is 0.538. The normalized spacial score (nSPS) is 15.6. The monoisotopic (exact) mass is 262 g/mol. The van der Waals surface area contributed by atoms with Crippen LogP contribution in [0.15, 0.2) is 24.3 Å². The first kappa shape index (κ1) is 14.8. The molecule has 102 valence electrons. The van der Waals surface area contributed by atoms with Gasteiger partial charge in [-0.2, -0.15) is 13.2 Å². The molecule has 1 rings (SSSR count). The van der Waals surface area contributed by atoms with Crippen LogP contribution in [0.25, 0.3) is 0 Å². The van der Waals surface area contributed by atoms with E-state index in [1.54, 1.807) is 0 Å². The Bertz CT molecular complexity index is 380. The zero-order chi connectivity index (χ0) is 14.0. The standard InChI is InChI=1S/C13H17F3O2/c1-9(2)8-18-11-6-4-10(5-7-11)12(3,17)13(14,15)16/h4-7,9,17H,8H2,1-3H3. The van der Waals surface area contributed by atoms with E-state index in [4.69, 9.17) is 4.74 Å². The molecule has 1 aromatic rings. The molecular formula is C13H17F3O2. The van der Waals surface area contributed by atoms with Gasteiger partial charge in [-0.05, 0) is 30.5 Å². The van der Waals surface area contributed by atoms with E-state index in [1.165, 1.54) is 24.3 Å². The maximum atomic E-state index is 12.6. The molecule has 0 aliphatic carbocycles. The molecule has 0 spiro atoms. The molecule has 1 atom stereocenters. The largest absolute Gasteiger partial charge is 0.493 e. The predicted molar refractivity (Wildman–Crippen MR) is 62.4 cm³/mol. The summed E-state index contributed by atoms with van der Waals surface area (Å²) in [4.78, 5) is 0. The van der Waals surface area contributed by atoms with Crippen molar-refractivity contribution >= 4 is 0 Å². The van der Waals surface area contributed by atoms with Crippen molar-refractivity contribution in [3.05, 3.63) is 29.8 Å². The number of hydrogen-bond acceptors (Lipinski definition) is 2. The molecule has 0 radical (unpaired) electrons. The molecule has 0 aliphatic heterocycles. The molecule has 0 aliphatic rings. The van der Waals surface area contributed by atoms with Gasteiger partial charge in [-0.25, -0.2) is 0 Å². The predicted octanol–water partition coefficient (Wildman–Crippen LogP) is 3.49. The molecule has 0 amide bonds. The van der Waals surface area contributed by atoms with Crippen molar-refractivity contribution < 1.29 is 23.0 Å². The number of halogens is 3. The fourth-order valence-corrected chi connectivity index (χ4v) is 1.30. The van der Waals surface area contributed by atoms with Crippen LogP contribution in [0.1, 0.15) is 26.3 Å². The van der Waals surface area contributed by atoms with Crippen molar-refractivity contribution in [3.63, 3.8) is 0 Å². The minimum Gasteiger partial charge on any atom is -0.493 e. The molecular weight excluding hydrogens is 245 g/mol. The average molecular weight is 262 g/mol. The molecule has 0 saturated carbocycles. The molecule has 2 nitrogen and oxygen atoms in total. The minimum atomic E-state index is -4.70. The summed E-state index contributed by atoms with van der Waals surface area (Å²) in [6, 6.07) is 5.31. The van der Waals surface area contributed by atoms with E-state index in [2.05, 4.69) is 0 Å². The Balaban J connectivity index is 2.83. The second kappa shape index (κ2) is 5.18. The third kappa shape index (κ3) is 3.38. The lowest BCUT2D eigenvalue weighted by atomic mass is 9.95. The van der Waals surface area contributed by atoms with Crippen molar-refractivity contribution in [2.24, 2.45) is 5.92 Å². The summed E-state index contributed by atoms with van der Waals surface area (Å²) in [6.07, 6.45) is -4.70.